The summed E-state index contributed by atoms with van der Waals surface area (Å²) in [4.78, 5) is 15.6. The lowest BCUT2D eigenvalue weighted by molar-refractivity contribution is -0.135. The Kier molecular flexibility index (Phi) is 7.56. The molecule has 3 N–H and O–H groups in total. The molecule has 184 valence electrons. The van der Waals surface area contributed by atoms with E-state index in [9.17, 15) is 9.18 Å². The first-order chi connectivity index (χ1) is 16.8. The number of carbonyl (C=O) groups is 1. The first kappa shape index (κ1) is 24.9. The van der Waals surface area contributed by atoms with E-state index in [2.05, 4.69) is 50.4 Å². The molecule has 0 bridgehead atoms. The standard InChI is InChI=1S/C30H36FN3O/c1-5-34(30(35)27(32)18-24-20(3)14-19(2)15-21(24)4)29-12-13-33-28-11-10-22(17-25(28)29)16-23-8-6-7-9-26(23)31/h6-11,14-15,17,27,29,33H,5,12-13,16,18,32H2,1-4H3. The van der Waals surface area contributed by atoms with Gasteiger partial charge in [0.2, 0.25) is 5.91 Å². The van der Waals surface area contributed by atoms with Gasteiger partial charge < -0.3 is 16.0 Å². The molecule has 1 aliphatic heterocycles. The summed E-state index contributed by atoms with van der Waals surface area (Å²) in [5.41, 5.74) is 15.1. The quantitative estimate of drug-likeness (QED) is 0.468. The minimum Gasteiger partial charge on any atom is -0.385 e. The predicted molar refractivity (Wildman–Crippen MR) is 141 cm³/mol. The molecule has 3 aromatic carbocycles. The van der Waals surface area contributed by atoms with E-state index in [1.807, 2.05) is 30.0 Å². The largest absolute Gasteiger partial charge is 0.385 e. The summed E-state index contributed by atoms with van der Waals surface area (Å²) < 4.78 is 14.2. The number of aryl methyl sites for hydroxylation is 3. The van der Waals surface area contributed by atoms with Crippen LogP contribution in [0.5, 0.6) is 0 Å². The SMILES string of the molecule is CCN(C(=O)C(N)Cc1c(C)cc(C)cc1C)C1CCNc2ccc(Cc3ccccc3F)cc21. The number of nitrogens with one attached hydrogen (secondary N) is 1. The minimum atomic E-state index is -0.602. The summed E-state index contributed by atoms with van der Waals surface area (Å²) in [7, 11) is 0. The van der Waals surface area contributed by atoms with Crippen molar-refractivity contribution in [2.24, 2.45) is 5.73 Å². The van der Waals surface area contributed by atoms with Crippen LogP contribution in [-0.2, 0) is 17.6 Å². The smallest absolute Gasteiger partial charge is 0.240 e. The van der Waals surface area contributed by atoms with Crippen molar-refractivity contribution in [3.8, 4) is 0 Å². The highest BCUT2D eigenvalue weighted by Crippen LogP contribution is 2.36. The van der Waals surface area contributed by atoms with E-state index in [0.29, 0.717) is 24.9 Å². The average Bonchev–Trinajstić information content (AvgIpc) is 2.83. The second-order valence-electron chi connectivity index (χ2n) is 9.73. The molecule has 35 heavy (non-hydrogen) atoms. The monoisotopic (exact) mass is 473 g/mol. The molecule has 1 amide bonds. The molecule has 5 heteroatoms. The van der Waals surface area contributed by atoms with Gasteiger partial charge in [0.05, 0.1) is 12.1 Å². The molecule has 0 saturated heterocycles. The zero-order valence-corrected chi connectivity index (χ0v) is 21.2. The van der Waals surface area contributed by atoms with Crippen molar-refractivity contribution < 1.29 is 9.18 Å². The highest BCUT2D eigenvalue weighted by Gasteiger charge is 2.31. The topological polar surface area (TPSA) is 58.4 Å². The molecule has 0 aromatic heterocycles. The van der Waals surface area contributed by atoms with Crippen LogP contribution in [0.4, 0.5) is 10.1 Å². The molecule has 3 aromatic rings. The number of nitrogens with zero attached hydrogens (tertiary/aromatic N) is 1. The lowest BCUT2D eigenvalue weighted by Crippen LogP contribution is -2.47. The summed E-state index contributed by atoms with van der Waals surface area (Å²) in [5.74, 6) is -0.220. The number of likely N-dealkylation sites (N-methyl/N-ethyl adjacent to an activating group) is 1. The van der Waals surface area contributed by atoms with Crippen LogP contribution in [0.1, 0.15) is 58.3 Å². The molecule has 1 aliphatic rings. The van der Waals surface area contributed by atoms with Crippen molar-refractivity contribution in [3.05, 3.63) is 99.4 Å². The Bertz CT molecular complexity index is 1200. The van der Waals surface area contributed by atoms with Gasteiger partial charge in [0.15, 0.2) is 0 Å². The van der Waals surface area contributed by atoms with Gasteiger partial charge in [-0.2, -0.15) is 0 Å². The number of fused-ring (bicyclic) bond motifs is 1. The van der Waals surface area contributed by atoms with E-state index in [-0.39, 0.29) is 17.8 Å². The Hall–Kier alpha value is -3.18. The molecule has 2 atom stereocenters. The lowest BCUT2D eigenvalue weighted by Gasteiger charge is -2.37. The highest BCUT2D eigenvalue weighted by molar-refractivity contribution is 5.83. The molecule has 2 unspecified atom stereocenters. The van der Waals surface area contributed by atoms with Crippen LogP contribution >= 0.6 is 0 Å². The van der Waals surface area contributed by atoms with Gasteiger partial charge in [-0.1, -0.05) is 48.0 Å². The molecular formula is C30H36FN3O. The van der Waals surface area contributed by atoms with E-state index >= 15 is 0 Å². The molecule has 0 spiro atoms. The van der Waals surface area contributed by atoms with Crippen LogP contribution in [0.25, 0.3) is 0 Å². The Labute approximate surface area is 208 Å². The maximum atomic E-state index is 14.2. The zero-order valence-electron chi connectivity index (χ0n) is 21.2. The summed E-state index contributed by atoms with van der Waals surface area (Å²) in [6.07, 6.45) is 1.85. The van der Waals surface area contributed by atoms with Crippen molar-refractivity contribution in [1.82, 2.24) is 4.90 Å². The predicted octanol–water partition coefficient (Wildman–Crippen LogP) is 5.62. The van der Waals surface area contributed by atoms with Crippen molar-refractivity contribution in [2.45, 2.75) is 59.0 Å². The number of amides is 1. The van der Waals surface area contributed by atoms with Crippen LogP contribution in [-0.4, -0.2) is 29.9 Å². The summed E-state index contributed by atoms with van der Waals surface area (Å²) in [6.45, 7) is 9.65. The highest BCUT2D eigenvalue weighted by atomic mass is 19.1. The summed E-state index contributed by atoms with van der Waals surface area (Å²) >= 11 is 0. The number of halogens is 1. The first-order valence-electron chi connectivity index (χ1n) is 12.5. The van der Waals surface area contributed by atoms with Gasteiger partial charge >= 0.3 is 0 Å². The van der Waals surface area contributed by atoms with Gasteiger partial charge in [-0.3, -0.25) is 4.79 Å². The molecule has 4 nitrogen and oxygen atoms in total. The maximum absolute atomic E-state index is 14.2. The lowest BCUT2D eigenvalue weighted by atomic mass is 9.91. The molecule has 0 radical (unpaired) electrons. The number of nitrogens with two attached hydrogens (primary N) is 1. The van der Waals surface area contributed by atoms with E-state index in [1.54, 1.807) is 6.07 Å². The molecule has 0 aliphatic carbocycles. The number of carbonyl (C=O) groups excluding carboxylic acids is 1. The number of anilines is 1. The molecule has 1 heterocycles. The van der Waals surface area contributed by atoms with Gasteiger partial charge in [-0.15, -0.1) is 0 Å². The van der Waals surface area contributed by atoms with E-state index < -0.39 is 6.04 Å². The van der Waals surface area contributed by atoms with Crippen molar-refractivity contribution in [1.29, 1.82) is 0 Å². The maximum Gasteiger partial charge on any atom is 0.240 e. The van der Waals surface area contributed by atoms with Gasteiger partial charge in [0.1, 0.15) is 5.82 Å². The van der Waals surface area contributed by atoms with E-state index in [1.165, 1.54) is 22.8 Å². The fourth-order valence-corrected chi connectivity index (χ4v) is 5.43. The van der Waals surface area contributed by atoms with Gasteiger partial charge in [-0.25, -0.2) is 4.39 Å². The third-order valence-electron chi connectivity index (χ3n) is 7.14. The van der Waals surface area contributed by atoms with E-state index in [4.69, 9.17) is 5.73 Å². The molecule has 0 fully saturated rings. The Morgan fingerprint density at radius 2 is 1.83 bits per heavy atom. The summed E-state index contributed by atoms with van der Waals surface area (Å²) in [6, 6.07) is 16.7. The fraction of sp³-hybridized carbons (Fsp3) is 0.367. The van der Waals surface area contributed by atoms with Crippen molar-refractivity contribution >= 4 is 11.6 Å². The van der Waals surface area contributed by atoms with Gasteiger partial charge in [-0.05, 0) is 86.1 Å². The zero-order chi connectivity index (χ0) is 25.1. The second-order valence-corrected chi connectivity index (χ2v) is 9.73. The first-order valence-corrected chi connectivity index (χ1v) is 12.5. The normalized spacial score (nSPS) is 15.8. The average molecular weight is 474 g/mol. The van der Waals surface area contributed by atoms with E-state index in [0.717, 1.165) is 35.3 Å². The Morgan fingerprint density at radius 3 is 2.51 bits per heavy atom. The third-order valence-corrected chi connectivity index (χ3v) is 7.14. The van der Waals surface area contributed by atoms with Crippen molar-refractivity contribution in [3.63, 3.8) is 0 Å². The summed E-state index contributed by atoms with van der Waals surface area (Å²) in [5, 5.41) is 3.46. The minimum absolute atomic E-state index is 0.0239. The molecule has 0 saturated carbocycles. The van der Waals surface area contributed by atoms with Crippen LogP contribution in [0, 0.1) is 26.6 Å². The van der Waals surface area contributed by atoms with Gasteiger partial charge in [0.25, 0.3) is 0 Å². The number of hydrogen-bond acceptors (Lipinski definition) is 3. The number of hydrogen-bond donors (Lipinski definition) is 2. The number of benzene rings is 3. The Balaban J connectivity index is 1.58. The van der Waals surface area contributed by atoms with Crippen molar-refractivity contribution in [2.75, 3.05) is 18.4 Å². The fourth-order valence-electron chi connectivity index (χ4n) is 5.43. The Morgan fingerprint density at radius 1 is 1.11 bits per heavy atom. The van der Waals surface area contributed by atoms with Crippen LogP contribution in [0.15, 0.2) is 54.6 Å². The number of rotatable bonds is 7. The second kappa shape index (κ2) is 10.6. The van der Waals surface area contributed by atoms with Crippen LogP contribution < -0.4 is 11.1 Å². The van der Waals surface area contributed by atoms with Crippen LogP contribution in [0.3, 0.4) is 0 Å². The third kappa shape index (κ3) is 5.40. The molecular weight excluding hydrogens is 437 g/mol. The molecule has 4 rings (SSSR count). The van der Waals surface area contributed by atoms with Crippen LogP contribution in [0.2, 0.25) is 0 Å². The van der Waals surface area contributed by atoms with Gasteiger partial charge in [0, 0.05) is 25.2 Å².